The molecule has 3 heterocycles. The Labute approximate surface area is 201 Å². The Morgan fingerprint density at radius 1 is 1.12 bits per heavy atom. The second kappa shape index (κ2) is 10.3. The van der Waals surface area contributed by atoms with E-state index in [0.717, 1.165) is 56.8 Å². The van der Waals surface area contributed by atoms with Crippen molar-refractivity contribution in [2.24, 2.45) is 0 Å². The number of aromatic amines is 1. The summed E-state index contributed by atoms with van der Waals surface area (Å²) in [6.45, 7) is 8.46. The number of H-pyrrole nitrogens is 1. The van der Waals surface area contributed by atoms with E-state index >= 15 is 0 Å². The summed E-state index contributed by atoms with van der Waals surface area (Å²) in [7, 11) is 0. The van der Waals surface area contributed by atoms with Gasteiger partial charge in [0.15, 0.2) is 0 Å². The van der Waals surface area contributed by atoms with Crippen LogP contribution in [0.3, 0.4) is 0 Å². The van der Waals surface area contributed by atoms with Crippen molar-refractivity contribution in [2.75, 3.05) is 51.3 Å². The van der Waals surface area contributed by atoms with Gasteiger partial charge in [0.1, 0.15) is 0 Å². The number of aromatic nitrogens is 1. The van der Waals surface area contributed by atoms with Crippen molar-refractivity contribution < 1.29 is 9.50 Å². The molecule has 2 aliphatic rings. The summed E-state index contributed by atoms with van der Waals surface area (Å²) in [6, 6.07) is 18.0. The number of para-hydroxylation sites is 1. The lowest BCUT2D eigenvalue weighted by Gasteiger charge is -2.40. The van der Waals surface area contributed by atoms with Crippen LogP contribution in [-0.2, 0) is 6.42 Å². The Kier molecular flexibility index (Phi) is 6.99. The Hall–Kier alpha value is -2.67. The third kappa shape index (κ3) is 4.76. The van der Waals surface area contributed by atoms with Crippen LogP contribution in [0.25, 0.3) is 10.9 Å². The van der Waals surface area contributed by atoms with Crippen molar-refractivity contribution in [2.45, 2.75) is 31.3 Å². The highest BCUT2D eigenvalue weighted by atomic mass is 19.1. The summed E-state index contributed by atoms with van der Waals surface area (Å²) in [4.78, 5) is 8.53. The number of aliphatic hydroxyl groups is 1. The maximum Gasteiger partial charge on any atom is 0.0906 e. The first-order chi connectivity index (χ1) is 16.7. The Balaban J connectivity index is 1.35. The van der Waals surface area contributed by atoms with Crippen LogP contribution in [0.15, 0.2) is 60.7 Å². The molecule has 5 rings (SSSR count). The minimum atomic E-state index is -0.236. The number of fused-ring (bicyclic) bond motifs is 3. The molecule has 2 aliphatic heterocycles. The molecule has 0 spiro atoms. The van der Waals surface area contributed by atoms with Crippen molar-refractivity contribution in [3.8, 4) is 0 Å². The molecule has 3 aromatic rings. The lowest BCUT2D eigenvalue weighted by atomic mass is 9.92. The van der Waals surface area contributed by atoms with Gasteiger partial charge in [-0.2, -0.15) is 0 Å². The number of rotatable bonds is 10. The first-order valence-corrected chi connectivity index (χ1v) is 12.4. The van der Waals surface area contributed by atoms with Gasteiger partial charge >= 0.3 is 0 Å². The number of benzene rings is 2. The monoisotopic (exact) mass is 462 g/mol. The molecule has 2 aromatic carbocycles. The highest BCUT2D eigenvalue weighted by Crippen LogP contribution is 2.39. The van der Waals surface area contributed by atoms with E-state index in [1.807, 2.05) is 0 Å². The second-order valence-corrected chi connectivity index (χ2v) is 9.67. The summed E-state index contributed by atoms with van der Waals surface area (Å²) in [5.74, 6) is 0. The minimum absolute atomic E-state index is 0.0445. The molecule has 1 fully saturated rings. The number of likely N-dealkylation sites (tertiary alicyclic amines) is 1. The zero-order valence-corrected chi connectivity index (χ0v) is 19.8. The van der Waals surface area contributed by atoms with Crippen molar-refractivity contribution in [1.82, 2.24) is 14.8 Å². The maximum absolute atomic E-state index is 12.4. The molecule has 1 atom stereocenters. The largest absolute Gasteiger partial charge is 0.392 e. The van der Waals surface area contributed by atoms with Gasteiger partial charge in [-0.25, -0.2) is 0 Å². The van der Waals surface area contributed by atoms with Crippen LogP contribution in [0.1, 0.15) is 35.7 Å². The summed E-state index contributed by atoms with van der Waals surface area (Å²) in [5.41, 5.74) is 7.17. The van der Waals surface area contributed by atoms with E-state index in [0.29, 0.717) is 12.5 Å². The van der Waals surface area contributed by atoms with Crippen LogP contribution >= 0.6 is 0 Å². The number of aliphatic hydroxyl groups excluding tert-OH is 1. The third-order valence-electron chi connectivity index (χ3n) is 7.27. The minimum Gasteiger partial charge on any atom is -0.392 e. The van der Waals surface area contributed by atoms with Gasteiger partial charge in [0.25, 0.3) is 0 Å². The SMILES string of the molecule is C=C(CO)CCN1CCc2c([nH]c3ccccc23)[C@H]1c1ccc(NC2CN(CCCF)C2)cc1. The molecule has 0 bridgehead atoms. The van der Waals surface area contributed by atoms with Crippen molar-refractivity contribution in [1.29, 1.82) is 0 Å². The summed E-state index contributed by atoms with van der Waals surface area (Å²) >= 11 is 0. The van der Waals surface area contributed by atoms with E-state index in [9.17, 15) is 9.50 Å². The van der Waals surface area contributed by atoms with E-state index < -0.39 is 0 Å². The topological polar surface area (TPSA) is 54.5 Å². The van der Waals surface area contributed by atoms with Gasteiger partial charge in [-0.1, -0.05) is 42.5 Å². The van der Waals surface area contributed by atoms with Gasteiger partial charge in [0.2, 0.25) is 0 Å². The summed E-state index contributed by atoms with van der Waals surface area (Å²) in [5, 5.41) is 14.4. The van der Waals surface area contributed by atoms with E-state index in [1.54, 1.807) is 0 Å². The van der Waals surface area contributed by atoms with Gasteiger partial charge in [-0.3, -0.25) is 14.2 Å². The van der Waals surface area contributed by atoms with Gasteiger partial charge < -0.3 is 15.4 Å². The molecule has 1 saturated heterocycles. The molecule has 0 saturated carbocycles. The molecule has 0 amide bonds. The molecular weight excluding hydrogens is 427 g/mol. The molecule has 5 nitrogen and oxygen atoms in total. The molecule has 0 unspecified atom stereocenters. The van der Waals surface area contributed by atoms with Crippen LogP contribution in [0.2, 0.25) is 0 Å². The molecule has 6 heteroatoms. The van der Waals surface area contributed by atoms with Crippen LogP contribution in [0.4, 0.5) is 10.1 Å². The molecule has 1 aromatic heterocycles. The van der Waals surface area contributed by atoms with Crippen molar-refractivity contribution >= 4 is 16.6 Å². The number of nitrogens with one attached hydrogen (secondary N) is 2. The molecule has 180 valence electrons. The normalized spacial score (nSPS) is 19.2. The third-order valence-corrected chi connectivity index (χ3v) is 7.27. The number of nitrogens with zero attached hydrogens (tertiary/aromatic N) is 2. The van der Waals surface area contributed by atoms with Crippen LogP contribution in [0, 0.1) is 0 Å². The zero-order chi connectivity index (χ0) is 23.5. The average molecular weight is 463 g/mol. The number of halogens is 1. The highest BCUT2D eigenvalue weighted by Gasteiger charge is 2.31. The lowest BCUT2D eigenvalue weighted by Crippen LogP contribution is -2.54. The predicted molar refractivity (Wildman–Crippen MR) is 137 cm³/mol. The lowest BCUT2D eigenvalue weighted by molar-refractivity contribution is 0.155. The summed E-state index contributed by atoms with van der Waals surface area (Å²) < 4.78 is 12.4. The van der Waals surface area contributed by atoms with Crippen LogP contribution in [-0.4, -0.2) is 71.9 Å². The fraction of sp³-hybridized carbons (Fsp3) is 0.429. The highest BCUT2D eigenvalue weighted by molar-refractivity contribution is 5.85. The zero-order valence-electron chi connectivity index (χ0n) is 19.8. The average Bonchev–Trinajstić information content (AvgIpc) is 3.22. The van der Waals surface area contributed by atoms with Gasteiger partial charge in [-0.05, 0) is 48.6 Å². The molecular formula is C28H35FN4O. The maximum atomic E-state index is 12.4. The molecule has 0 radical (unpaired) electrons. The first-order valence-electron chi connectivity index (χ1n) is 12.4. The molecule has 34 heavy (non-hydrogen) atoms. The van der Waals surface area contributed by atoms with Crippen molar-refractivity contribution in [3.63, 3.8) is 0 Å². The van der Waals surface area contributed by atoms with Crippen LogP contribution in [0.5, 0.6) is 0 Å². The Morgan fingerprint density at radius 3 is 2.68 bits per heavy atom. The fourth-order valence-electron chi connectivity index (χ4n) is 5.41. The second-order valence-electron chi connectivity index (χ2n) is 9.67. The summed E-state index contributed by atoms with van der Waals surface area (Å²) in [6.07, 6.45) is 2.44. The van der Waals surface area contributed by atoms with Gasteiger partial charge in [0.05, 0.1) is 25.4 Å². The van der Waals surface area contributed by atoms with Gasteiger partial charge in [0, 0.05) is 55.0 Å². The number of anilines is 1. The smallest absolute Gasteiger partial charge is 0.0906 e. The van der Waals surface area contributed by atoms with Crippen LogP contribution < -0.4 is 5.32 Å². The first kappa shape index (κ1) is 23.1. The van der Waals surface area contributed by atoms with E-state index in [2.05, 4.69) is 75.2 Å². The number of hydrogen-bond donors (Lipinski definition) is 3. The molecule has 3 N–H and O–H groups in total. The predicted octanol–water partition coefficient (Wildman–Crippen LogP) is 4.51. The number of alkyl halides is 1. The number of hydrogen-bond acceptors (Lipinski definition) is 4. The quantitative estimate of drug-likeness (QED) is 0.388. The Bertz CT molecular complexity index is 1120. The van der Waals surface area contributed by atoms with Crippen molar-refractivity contribution in [3.05, 3.63) is 77.5 Å². The van der Waals surface area contributed by atoms with E-state index in [1.165, 1.54) is 27.7 Å². The van der Waals surface area contributed by atoms with E-state index in [4.69, 9.17) is 0 Å². The van der Waals surface area contributed by atoms with Gasteiger partial charge in [-0.15, -0.1) is 0 Å². The Morgan fingerprint density at radius 2 is 1.91 bits per heavy atom. The van der Waals surface area contributed by atoms with E-state index in [-0.39, 0.29) is 19.3 Å². The standard InChI is InChI=1S/C28H35FN4O/c1-20(19-34)11-15-33-16-12-25-24-5-2-3-6-26(24)31-27(25)28(33)21-7-9-22(10-8-21)30-23-17-32(18-23)14-4-13-29/h2-3,5-10,23,28,30-31,34H,1,4,11-19H2/t28-/m1/s1. The molecule has 0 aliphatic carbocycles. The fourth-order valence-corrected chi connectivity index (χ4v) is 5.41.